The van der Waals surface area contributed by atoms with Crippen molar-refractivity contribution in [3.8, 4) is 0 Å². The Bertz CT molecular complexity index is 394. The molecule has 2 fully saturated rings. The summed E-state index contributed by atoms with van der Waals surface area (Å²) < 4.78 is 5.47. The highest BCUT2D eigenvalue weighted by atomic mass is 16.6. The standard InChI is InChI=1S/C17H30N2O2/c1-14-6-10-19(11-7-14)17(5)8-12-18(13-9-17)15(20)21-16(2,3)4/h1,6-13H2,2-5H3. The maximum atomic E-state index is 12.1. The Morgan fingerprint density at radius 1 is 1.14 bits per heavy atom. The second kappa shape index (κ2) is 5.99. The number of piperidine rings is 2. The number of ether oxygens (including phenoxy) is 1. The molecule has 2 heterocycles. The summed E-state index contributed by atoms with van der Waals surface area (Å²) >= 11 is 0. The van der Waals surface area contributed by atoms with Gasteiger partial charge in [-0.05, 0) is 53.4 Å². The van der Waals surface area contributed by atoms with Gasteiger partial charge in [0.05, 0.1) is 0 Å². The van der Waals surface area contributed by atoms with Gasteiger partial charge in [-0.25, -0.2) is 4.79 Å². The molecule has 0 bridgehead atoms. The van der Waals surface area contributed by atoms with Crippen LogP contribution in [0.2, 0.25) is 0 Å². The molecule has 120 valence electrons. The summed E-state index contributed by atoms with van der Waals surface area (Å²) in [5.41, 5.74) is 1.19. The van der Waals surface area contributed by atoms with Crippen LogP contribution in [-0.4, -0.2) is 53.2 Å². The van der Waals surface area contributed by atoms with Crippen LogP contribution in [0.1, 0.15) is 53.4 Å². The van der Waals surface area contributed by atoms with E-state index >= 15 is 0 Å². The van der Waals surface area contributed by atoms with Gasteiger partial charge in [0.25, 0.3) is 0 Å². The van der Waals surface area contributed by atoms with Gasteiger partial charge in [-0.3, -0.25) is 4.90 Å². The van der Waals surface area contributed by atoms with Crippen LogP contribution < -0.4 is 0 Å². The van der Waals surface area contributed by atoms with E-state index in [1.54, 1.807) is 0 Å². The van der Waals surface area contributed by atoms with Crippen molar-refractivity contribution in [2.24, 2.45) is 0 Å². The van der Waals surface area contributed by atoms with Crippen molar-refractivity contribution >= 4 is 6.09 Å². The molecule has 2 saturated heterocycles. The van der Waals surface area contributed by atoms with Gasteiger partial charge in [0.15, 0.2) is 0 Å². The first-order chi connectivity index (χ1) is 9.70. The number of amides is 1. The normalized spacial score (nSPS) is 24.0. The molecule has 0 N–H and O–H groups in total. The lowest BCUT2D eigenvalue weighted by molar-refractivity contribution is -0.00370. The van der Waals surface area contributed by atoms with E-state index in [1.165, 1.54) is 5.57 Å². The molecule has 2 aliphatic heterocycles. The van der Waals surface area contributed by atoms with E-state index in [0.29, 0.717) is 0 Å². The van der Waals surface area contributed by atoms with Crippen molar-refractivity contribution in [1.29, 1.82) is 0 Å². The van der Waals surface area contributed by atoms with E-state index in [0.717, 1.165) is 51.9 Å². The highest BCUT2D eigenvalue weighted by Gasteiger charge is 2.38. The van der Waals surface area contributed by atoms with Crippen LogP contribution in [0.25, 0.3) is 0 Å². The number of hydrogen-bond acceptors (Lipinski definition) is 3. The third-order valence-corrected chi connectivity index (χ3v) is 4.73. The van der Waals surface area contributed by atoms with Crippen molar-refractivity contribution < 1.29 is 9.53 Å². The van der Waals surface area contributed by atoms with Crippen molar-refractivity contribution in [2.75, 3.05) is 26.2 Å². The lowest BCUT2D eigenvalue weighted by Gasteiger charge is -2.48. The molecule has 2 rings (SSSR count). The highest BCUT2D eigenvalue weighted by Crippen LogP contribution is 2.32. The van der Waals surface area contributed by atoms with Crippen LogP contribution in [0.15, 0.2) is 12.2 Å². The second-order valence-corrected chi connectivity index (χ2v) is 7.70. The number of likely N-dealkylation sites (tertiary alicyclic amines) is 2. The van der Waals surface area contributed by atoms with E-state index < -0.39 is 5.60 Å². The summed E-state index contributed by atoms with van der Waals surface area (Å²) in [6, 6.07) is 0. The molecule has 0 aromatic carbocycles. The van der Waals surface area contributed by atoms with Crippen molar-refractivity contribution in [1.82, 2.24) is 9.80 Å². The quantitative estimate of drug-likeness (QED) is 0.695. The zero-order valence-corrected chi connectivity index (χ0v) is 14.1. The Hall–Kier alpha value is -1.03. The Balaban J connectivity index is 1.87. The van der Waals surface area contributed by atoms with Gasteiger partial charge < -0.3 is 9.64 Å². The highest BCUT2D eigenvalue weighted by molar-refractivity contribution is 5.68. The Morgan fingerprint density at radius 2 is 1.67 bits per heavy atom. The fourth-order valence-electron chi connectivity index (χ4n) is 3.18. The molecule has 0 unspecified atom stereocenters. The molecule has 4 heteroatoms. The third kappa shape index (κ3) is 4.22. The fourth-order valence-corrected chi connectivity index (χ4v) is 3.18. The SMILES string of the molecule is C=C1CCN(C2(C)CCN(C(=O)OC(C)(C)C)CC2)CC1. The first kappa shape index (κ1) is 16.3. The number of rotatable bonds is 1. The van der Waals surface area contributed by atoms with Gasteiger partial charge in [-0.2, -0.15) is 0 Å². The molecule has 0 saturated carbocycles. The van der Waals surface area contributed by atoms with Gasteiger partial charge >= 0.3 is 6.09 Å². The number of carbonyl (C=O) groups is 1. The predicted octanol–water partition coefficient (Wildman–Crippen LogP) is 3.43. The Labute approximate surface area is 129 Å². The molecule has 21 heavy (non-hydrogen) atoms. The average molecular weight is 294 g/mol. The molecule has 1 amide bonds. The van der Waals surface area contributed by atoms with Gasteiger partial charge in [0.1, 0.15) is 5.60 Å². The lowest BCUT2D eigenvalue weighted by atomic mass is 9.86. The lowest BCUT2D eigenvalue weighted by Crippen LogP contribution is -2.56. The first-order valence-electron chi connectivity index (χ1n) is 8.09. The number of hydrogen-bond donors (Lipinski definition) is 0. The van der Waals surface area contributed by atoms with Gasteiger partial charge in [-0.1, -0.05) is 12.2 Å². The molecule has 0 aromatic rings. The maximum Gasteiger partial charge on any atom is 0.410 e. The van der Waals surface area contributed by atoms with Crippen molar-refractivity contribution in [3.05, 3.63) is 12.2 Å². The predicted molar refractivity (Wildman–Crippen MR) is 85.4 cm³/mol. The van der Waals surface area contributed by atoms with Gasteiger partial charge in [0.2, 0.25) is 0 Å². The molecule has 0 aromatic heterocycles. The summed E-state index contributed by atoms with van der Waals surface area (Å²) in [4.78, 5) is 16.6. The maximum absolute atomic E-state index is 12.1. The van der Waals surface area contributed by atoms with Crippen LogP contribution in [-0.2, 0) is 4.74 Å². The van der Waals surface area contributed by atoms with Crippen LogP contribution in [0.4, 0.5) is 4.79 Å². The molecule has 0 spiro atoms. The van der Waals surface area contributed by atoms with Crippen LogP contribution in [0.3, 0.4) is 0 Å². The molecule has 2 aliphatic rings. The topological polar surface area (TPSA) is 32.8 Å². The smallest absolute Gasteiger partial charge is 0.410 e. The van der Waals surface area contributed by atoms with Crippen LogP contribution in [0.5, 0.6) is 0 Å². The monoisotopic (exact) mass is 294 g/mol. The number of carbonyl (C=O) groups excluding carboxylic acids is 1. The van der Waals surface area contributed by atoms with Gasteiger partial charge in [-0.15, -0.1) is 0 Å². The average Bonchev–Trinajstić information content (AvgIpc) is 2.38. The Morgan fingerprint density at radius 3 is 2.14 bits per heavy atom. The molecular weight excluding hydrogens is 264 g/mol. The van der Waals surface area contributed by atoms with E-state index in [2.05, 4.69) is 18.4 Å². The first-order valence-corrected chi connectivity index (χ1v) is 8.09. The fraction of sp³-hybridized carbons (Fsp3) is 0.824. The second-order valence-electron chi connectivity index (χ2n) is 7.70. The van der Waals surface area contributed by atoms with Crippen LogP contribution >= 0.6 is 0 Å². The summed E-state index contributed by atoms with van der Waals surface area (Å²) in [5, 5.41) is 0. The summed E-state index contributed by atoms with van der Waals surface area (Å²) in [7, 11) is 0. The molecule has 0 atom stereocenters. The van der Waals surface area contributed by atoms with Crippen molar-refractivity contribution in [2.45, 2.75) is 64.5 Å². The minimum Gasteiger partial charge on any atom is -0.444 e. The zero-order chi connectivity index (χ0) is 15.7. The van der Waals surface area contributed by atoms with E-state index in [9.17, 15) is 4.79 Å². The largest absolute Gasteiger partial charge is 0.444 e. The summed E-state index contributed by atoms with van der Waals surface area (Å²) in [6.07, 6.45) is 4.12. The minimum absolute atomic E-state index is 0.170. The molecule has 0 aliphatic carbocycles. The number of nitrogens with zero attached hydrogens (tertiary/aromatic N) is 2. The molecule has 4 nitrogen and oxygen atoms in total. The Kier molecular flexibility index (Phi) is 4.66. The summed E-state index contributed by atoms with van der Waals surface area (Å²) in [5.74, 6) is 0. The van der Waals surface area contributed by atoms with E-state index in [1.807, 2.05) is 25.7 Å². The van der Waals surface area contributed by atoms with E-state index in [-0.39, 0.29) is 11.6 Å². The third-order valence-electron chi connectivity index (χ3n) is 4.73. The van der Waals surface area contributed by atoms with Crippen LogP contribution in [0, 0.1) is 0 Å². The van der Waals surface area contributed by atoms with E-state index in [4.69, 9.17) is 4.74 Å². The van der Waals surface area contributed by atoms with Crippen molar-refractivity contribution in [3.63, 3.8) is 0 Å². The molecular formula is C17H30N2O2. The van der Waals surface area contributed by atoms with Gasteiger partial charge in [0, 0.05) is 31.7 Å². The molecule has 0 radical (unpaired) electrons. The zero-order valence-electron chi connectivity index (χ0n) is 14.1. The minimum atomic E-state index is -0.412. The summed E-state index contributed by atoms with van der Waals surface area (Å²) in [6.45, 7) is 16.0.